The van der Waals surface area contributed by atoms with E-state index in [2.05, 4.69) is 33.8 Å². The Kier molecular flexibility index (Phi) is 8.34. The number of hydrogen-bond donors (Lipinski definition) is 0. The molecular formula is C38H51NO4. The maximum Gasteiger partial charge on any atom is 0.312 e. The molecule has 5 aliphatic rings. The van der Waals surface area contributed by atoms with Crippen LogP contribution in [0, 0.1) is 68.5 Å². The lowest BCUT2D eigenvalue weighted by atomic mass is 9.36. The number of ketones is 2. The second-order valence-corrected chi connectivity index (χ2v) is 15.4. The van der Waals surface area contributed by atoms with Crippen LogP contribution in [0.5, 0.6) is 0 Å². The second kappa shape index (κ2) is 11.3. The van der Waals surface area contributed by atoms with Crippen molar-refractivity contribution >= 4 is 17.5 Å². The van der Waals surface area contributed by atoms with Crippen molar-refractivity contribution in [3.63, 3.8) is 0 Å². The van der Waals surface area contributed by atoms with E-state index < -0.39 is 5.41 Å². The Hall–Kier alpha value is -2.74. The third-order valence-corrected chi connectivity index (χ3v) is 12.9. The van der Waals surface area contributed by atoms with Crippen molar-refractivity contribution < 1.29 is 19.1 Å². The smallest absolute Gasteiger partial charge is 0.312 e. The number of Topliss-reactive ketones (excluding diaryl/α,β-unsaturated/α-hetero) is 2. The maximum atomic E-state index is 14.4. The molecule has 232 valence electrons. The van der Waals surface area contributed by atoms with E-state index in [4.69, 9.17) is 4.74 Å². The molecule has 0 heterocycles. The van der Waals surface area contributed by atoms with Gasteiger partial charge in [0.1, 0.15) is 18.5 Å². The van der Waals surface area contributed by atoms with Gasteiger partial charge in [0, 0.05) is 18.3 Å². The Bertz CT molecular complexity index is 1340. The van der Waals surface area contributed by atoms with E-state index in [1.165, 1.54) is 0 Å². The number of benzene rings is 1. The third-order valence-electron chi connectivity index (χ3n) is 12.9. The zero-order valence-electron chi connectivity index (χ0n) is 27.4. The molecule has 0 N–H and O–H groups in total. The van der Waals surface area contributed by atoms with Crippen molar-refractivity contribution in [2.24, 2.45) is 57.2 Å². The summed E-state index contributed by atoms with van der Waals surface area (Å²) in [5.41, 5.74) is 0.279. The highest BCUT2D eigenvalue weighted by Gasteiger charge is 2.68. The van der Waals surface area contributed by atoms with Crippen LogP contribution in [0.4, 0.5) is 0 Å². The highest BCUT2D eigenvalue weighted by molar-refractivity contribution is 6.01. The van der Waals surface area contributed by atoms with E-state index in [1.54, 1.807) is 0 Å². The van der Waals surface area contributed by atoms with Crippen LogP contribution in [-0.4, -0.2) is 17.5 Å². The summed E-state index contributed by atoms with van der Waals surface area (Å²) in [7, 11) is 0. The summed E-state index contributed by atoms with van der Waals surface area (Å²) in [6, 6.07) is 12.0. The van der Waals surface area contributed by atoms with Crippen LogP contribution in [0.3, 0.4) is 0 Å². The van der Waals surface area contributed by atoms with Crippen molar-refractivity contribution in [1.29, 1.82) is 5.26 Å². The summed E-state index contributed by atoms with van der Waals surface area (Å²) in [6.45, 7) is 15.4. The van der Waals surface area contributed by atoms with E-state index in [0.29, 0.717) is 12.2 Å². The SMILES string of the molecule is CC.CC1C(=O)C(C#N)=CC2(C)C1CCC1(C)C3CCC4(C(=O)OCc5ccccc5)CCC(C)(C)CC4C3C(=O)CC21. The molecule has 0 aliphatic heterocycles. The number of nitrogens with zero attached hydrogens (tertiary/aromatic N) is 1. The number of allylic oxidation sites excluding steroid dienone is 2. The molecule has 0 amide bonds. The number of ether oxygens (including phenoxy) is 1. The van der Waals surface area contributed by atoms with E-state index in [0.717, 1.165) is 50.5 Å². The predicted octanol–water partition coefficient (Wildman–Crippen LogP) is 8.28. The Morgan fingerprint density at radius 3 is 2.30 bits per heavy atom. The molecule has 6 rings (SSSR count). The van der Waals surface area contributed by atoms with Crippen LogP contribution in [0.1, 0.15) is 105 Å². The predicted molar refractivity (Wildman–Crippen MR) is 167 cm³/mol. The normalized spacial score (nSPS) is 41.0. The average molecular weight is 586 g/mol. The zero-order chi connectivity index (χ0) is 31.4. The first kappa shape index (κ1) is 31.7. The molecular weight excluding hydrogens is 534 g/mol. The summed E-state index contributed by atoms with van der Waals surface area (Å²) in [6.07, 6.45) is 8.57. The lowest BCUT2D eigenvalue weighted by molar-refractivity contribution is -0.198. The Morgan fingerprint density at radius 1 is 0.953 bits per heavy atom. The number of carbonyl (C=O) groups excluding carboxylic acids is 3. The largest absolute Gasteiger partial charge is 0.460 e. The van der Waals surface area contributed by atoms with Gasteiger partial charge in [0.05, 0.1) is 11.0 Å². The molecule has 4 saturated carbocycles. The summed E-state index contributed by atoms with van der Waals surface area (Å²) in [4.78, 5) is 41.4. The molecule has 43 heavy (non-hydrogen) atoms. The van der Waals surface area contributed by atoms with Crippen molar-refractivity contribution in [1.82, 2.24) is 0 Å². The molecule has 0 bridgehead atoms. The maximum absolute atomic E-state index is 14.4. The quantitative estimate of drug-likeness (QED) is 0.333. The van der Waals surface area contributed by atoms with Gasteiger partial charge >= 0.3 is 5.97 Å². The van der Waals surface area contributed by atoms with Gasteiger partial charge in [-0.2, -0.15) is 5.26 Å². The Morgan fingerprint density at radius 2 is 1.63 bits per heavy atom. The number of hydrogen-bond acceptors (Lipinski definition) is 5. The number of rotatable bonds is 3. The molecule has 0 radical (unpaired) electrons. The van der Waals surface area contributed by atoms with Crippen molar-refractivity contribution in [3.8, 4) is 6.07 Å². The first-order chi connectivity index (χ1) is 20.4. The fraction of sp³-hybridized carbons (Fsp3) is 0.684. The molecule has 1 aromatic carbocycles. The van der Waals surface area contributed by atoms with E-state index in [1.807, 2.05) is 57.2 Å². The molecule has 0 aromatic heterocycles. The lowest BCUT2D eigenvalue weighted by Gasteiger charge is -2.66. The fourth-order valence-electron chi connectivity index (χ4n) is 10.8. The fourth-order valence-corrected chi connectivity index (χ4v) is 10.8. The van der Waals surface area contributed by atoms with Crippen molar-refractivity contribution in [3.05, 3.63) is 47.5 Å². The van der Waals surface area contributed by atoms with Gasteiger partial charge in [-0.1, -0.05) is 84.9 Å². The van der Waals surface area contributed by atoms with Crippen LogP contribution in [0.2, 0.25) is 0 Å². The van der Waals surface area contributed by atoms with Crippen LogP contribution in [0.15, 0.2) is 42.0 Å². The average Bonchev–Trinajstić information content (AvgIpc) is 2.99. The van der Waals surface area contributed by atoms with Gasteiger partial charge in [-0.05, 0) is 90.4 Å². The monoisotopic (exact) mass is 585 g/mol. The molecule has 0 spiro atoms. The first-order valence-corrected chi connectivity index (χ1v) is 16.8. The van der Waals surface area contributed by atoms with Crippen molar-refractivity contribution in [2.75, 3.05) is 0 Å². The molecule has 1 aromatic rings. The van der Waals surface area contributed by atoms with Gasteiger partial charge in [-0.25, -0.2) is 0 Å². The van der Waals surface area contributed by atoms with Gasteiger partial charge < -0.3 is 4.74 Å². The van der Waals surface area contributed by atoms with E-state index >= 15 is 0 Å². The molecule has 5 heteroatoms. The zero-order valence-corrected chi connectivity index (χ0v) is 27.4. The third kappa shape index (κ3) is 4.92. The highest BCUT2D eigenvalue weighted by atomic mass is 16.5. The second-order valence-electron chi connectivity index (χ2n) is 15.4. The molecule has 9 atom stereocenters. The minimum absolute atomic E-state index is 0.0128. The van der Waals surface area contributed by atoms with Gasteiger partial charge in [0.2, 0.25) is 0 Å². The minimum atomic E-state index is -0.606. The summed E-state index contributed by atoms with van der Waals surface area (Å²) in [5, 5.41) is 9.81. The number of esters is 1. The number of fused-ring (bicyclic) bond motifs is 7. The summed E-state index contributed by atoms with van der Waals surface area (Å²) in [5.74, 6) is 0.226. The Labute approximate surface area is 258 Å². The van der Waals surface area contributed by atoms with Gasteiger partial charge in [-0.15, -0.1) is 0 Å². The number of carbonyl (C=O) groups is 3. The van der Waals surface area contributed by atoms with Crippen molar-refractivity contribution in [2.45, 2.75) is 106 Å². The molecule has 5 aliphatic carbocycles. The molecule has 4 fully saturated rings. The lowest BCUT2D eigenvalue weighted by Crippen LogP contribution is -2.64. The molecule has 5 nitrogen and oxygen atoms in total. The van der Waals surface area contributed by atoms with Gasteiger partial charge in [-0.3, -0.25) is 14.4 Å². The van der Waals surface area contributed by atoms with Crippen LogP contribution in [-0.2, 0) is 25.7 Å². The molecule has 0 saturated heterocycles. The summed E-state index contributed by atoms with van der Waals surface area (Å²) < 4.78 is 6.05. The van der Waals surface area contributed by atoms with Gasteiger partial charge in [0.25, 0.3) is 0 Å². The van der Waals surface area contributed by atoms with E-state index in [9.17, 15) is 19.6 Å². The Balaban J connectivity index is 0.00000180. The van der Waals surface area contributed by atoms with Crippen LogP contribution < -0.4 is 0 Å². The topological polar surface area (TPSA) is 84.2 Å². The van der Waals surface area contributed by atoms with Gasteiger partial charge in [0.15, 0.2) is 5.78 Å². The minimum Gasteiger partial charge on any atom is -0.460 e. The van der Waals surface area contributed by atoms with E-state index in [-0.39, 0.29) is 75.7 Å². The molecule has 9 unspecified atom stereocenters. The first-order valence-electron chi connectivity index (χ1n) is 16.8. The number of nitriles is 1. The van der Waals surface area contributed by atoms with Crippen LogP contribution >= 0.6 is 0 Å². The highest BCUT2D eigenvalue weighted by Crippen LogP contribution is 2.71. The van der Waals surface area contributed by atoms with Crippen LogP contribution in [0.25, 0.3) is 0 Å². The standard InChI is InChI=1S/C36H45NO4.C2H6/c1-22-25-11-13-34(4)26-12-14-36(32(40)41-21-23-9-7-6-8-10-23)16-15-33(2,3)19-27(36)30(26)28(38)17-29(34)35(25,5)18-24(20-37)31(22)39;1-2/h6-10,18,22,25-27,29-30H,11-17,19,21H2,1-5H3;1-2H3. The summed E-state index contributed by atoms with van der Waals surface area (Å²) >= 11 is 0.